The number of nitrogens with two attached hydrogens (primary N) is 1. The maximum atomic E-state index is 5.60. The second-order valence-corrected chi connectivity index (χ2v) is 5.36. The Morgan fingerprint density at radius 1 is 1.19 bits per heavy atom. The summed E-state index contributed by atoms with van der Waals surface area (Å²) >= 11 is 0. The number of likely N-dealkylation sites (tertiary alicyclic amines) is 1. The van der Waals surface area contributed by atoms with Crippen molar-refractivity contribution in [1.29, 1.82) is 0 Å². The van der Waals surface area contributed by atoms with Gasteiger partial charge < -0.3 is 5.73 Å². The highest BCUT2D eigenvalue weighted by atomic mass is 15.2. The fraction of sp³-hybridized carbons (Fsp3) is 0.571. The standard InChI is InChI=1S/C14H22N2/c1-14(2)8-3-9-16(14)11-13-6-4-12(10-15)5-7-13/h4-7H,3,8-11,15H2,1-2H3. The van der Waals surface area contributed by atoms with E-state index >= 15 is 0 Å². The zero-order valence-electron chi connectivity index (χ0n) is 10.4. The van der Waals surface area contributed by atoms with Crippen LogP contribution in [-0.2, 0) is 13.1 Å². The topological polar surface area (TPSA) is 29.3 Å². The molecule has 2 nitrogen and oxygen atoms in total. The summed E-state index contributed by atoms with van der Waals surface area (Å²) < 4.78 is 0. The molecule has 0 amide bonds. The van der Waals surface area contributed by atoms with E-state index in [2.05, 4.69) is 43.0 Å². The maximum absolute atomic E-state index is 5.60. The molecule has 1 aliphatic heterocycles. The molecule has 0 radical (unpaired) electrons. The van der Waals surface area contributed by atoms with Gasteiger partial charge >= 0.3 is 0 Å². The van der Waals surface area contributed by atoms with Crippen molar-refractivity contribution in [1.82, 2.24) is 4.90 Å². The van der Waals surface area contributed by atoms with E-state index in [0.29, 0.717) is 12.1 Å². The minimum atomic E-state index is 0.368. The SMILES string of the molecule is CC1(C)CCCN1Cc1ccc(CN)cc1. The average Bonchev–Trinajstić information content (AvgIpc) is 2.59. The second-order valence-electron chi connectivity index (χ2n) is 5.36. The van der Waals surface area contributed by atoms with E-state index in [0.717, 1.165) is 6.54 Å². The Kier molecular flexibility index (Phi) is 3.31. The highest BCUT2D eigenvalue weighted by Gasteiger charge is 2.31. The minimum Gasteiger partial charge on any atom is -0.326 e. The molecule has 0 unspecified atom stereocenters. The Morgan fingerprint density at radius 3 is 2.31 bits per heavy atom. The van der Waals surface area contributed by atoms with Gasteiger partial charge in [0.2, 0.25) is 0 Å². The van der Waals surface area contributed by atoms with Gasteiger partial charge in [-0.3, -0.25) is 4.90 Å². The van der Waals surface area contributed by atoms with Gasteiger partial charge in [0.05, 0.1) is 0 Å². The molecule has 1 heterocycles. The van der Waals surface area contributed by atoms with Crippen LogP contribution in [0, 0.1) is 0 Å². The van der Waals surface area contributed by atoms with Crippen molar-refractivity contribution in [2.45, 2.75) is 45.3 Å². The molecule has 0 spiro atoms. The molecule has 0 bridgehead atoms. The summed E-state index contributed by atoms with van der Waals surface area (Å²) in [7, 11) is 0. The smallest absolute Gasteiger partial charge is 0.0239 e. The van der Waals surface area contributed by atoms with Crippen LogP contribution in [-0.4, -0.2) is 17.0 Å². The average molecular weight is 218 g/mol. The first-order valence-electron chi connectivity index (χ1n) is 6.15. The highest BCUT2D eigenvalue weighted by Crippen LogP contribution is 2.29. The lowest BCUT2D eigenvalue weighted by Gasteiger charge is -2.31. The third-order valence-electron chi connectivity index (χ3n) is 3.70. The highest BCUT2D eigenvalue weighted by molar-refractivity contribution is 5.22. The van der Waals surface area contributed by atoms with Gasteiger partial charge in [-0.15, -0.1) is 0 Å². The van der Waals surface area contributed by atoms with Crippen molar-refractivity contribution in [2.24, 2.45) is 5.73 Å². The predicted octanol–water partition coefficient (Wildman–Crippen LogP) is 2.52. The molecule has 0 atom stereocenters. The Bertz CT molecular complexity index is 340. The first kappa shape index (κ1) is 11.6. The number of benzene rings is 1. The van der Waals surface area contributed by atoms with Crippen LogP contribution in [0.5, 0.6) is 0 Å². The molecule has 2 N–H and O–H groups in total. The van der Waals surface area contributed by atoms with E-state index in [1.807, 2.05) is 0 Å². The van der Waals surface area contributed by atoms with Crippen molar-refractivity contribution in [3.05, 3.63) is 35.4 Å². The van der Waals surface area contributed by atoms with E-state index in [1.165, 1.54) is 30.5 Å². The van der Waals surface area contributed by atoms with E-state index < -0.39 is 0 Å². The van der Waals surface area contributed by atoms with Crippen LogP contribution in [0.1, 0.15) is 37.8 Å². The molecular formula is C14H22N2. The van der Waals surface area contributed by atoms with E-state index in [1.54, 1.807) is 0 Å². The summed E-state index contributed by atoms with van der Waals surface area (Å²) in [6.45, 7) is 7.61. The summed E-state index contributed by atoms with van der Waals surface area (Å²) in [5, 5.41) is 0. The summed E-state index contributed by atoms with van der Waals surface area (Å²) in [5.41, 5.74) is 8.57. The molecule has 88 valence electrons. The van der Waals surface area contributed by atoms with Crippen molar-refractivity contribution < 1.29 is 0 Å². The molecule has 1 saturated heterocycles. The number of nitrogens with zero attached hydrogens (tertiary/aromatic N) is 1. The third kappa shape index (κ3) is 2.45. The normalized spacial score (nSPS) is 20.2. The van der Waals surface area contributed by atoms with Gasteiger partial charge in [-0.25, -0.2) is 0 Å². The summed E-state index contributed by atoms with van der Waals surface area (Å²) in [6.07, 6.45) is 2.64. The Balaban J connectivity index is 2.03. The first-order chi connectivity index (χ1) is 7.62. The number of hydrogen-bond donors (Lipinski definition) is 1. The first-order valence-corrected chi connectivity index (χ1v) is 6.15. The van der Waals surface area contributed by atoms with E-state index in [4.69, 9.17) is 5.73 Å². The summed E-state index contributed by atoms with van der Waals surface area (Å²) in [5.74, 6) is 0. The van der Waals surface area contributed by atoms with Gasteiger partial charge in [0.1, 0.15) is 0 Å². The molecule has 0 aromatic heterocycles. The quantitative estimate of drug-likeness (QED) is 0.844. The fourth-order valence-corrected chi connectivity index (χ4v) is 2.46. The van der Waals surface area contributed by atoms with Crippen LogP contribution in [0.2, 0.25) is 0 Å². The van der Waals surface area contributed by atoms with Crippen LogP contribution in [0.25, 0.3) is 0 Å². The predicted molar refractivity (Wildman–Crippen MR) is 68.1 cm³/mol. The van der Waals surface area contributed by atoms with E-state index in [9.17, 15) is 0 Å². The maximum Gasteiger partial charge on any atom is 0.0239 e. The van der Waals surface area contributed by atoms with Crippen molar-refractivity contribution in [3.63, 3.8) is 0 Å². The zero-order valence-corrected chi connectivity index (χ0v) is 10.4. The molecule has 1 fully saturated rings. The molecule has 0 saturated carbocycles. The lowest BCUT2D eigenvalue weighted by atomic mass is 10.0. The minimum absolute atomic E-state index is 0.368. The Labute approximate surface area is 98.4 Å². The van der Waals surface area contributed by atoms with Crippen LogP contribution in [0.4, 0.5) is 0 Å². The van der Waals surface area contributed by atoms with E-state index in [-0.39, 0.29) is 0 Å². The monoisotopic (exact) mass is 218 g/mol. The molecular weight excluding hydrogens is 196 g/mol. The molecule has 0 aliphatic carbocycles. The molecule has 2 rings (SSSR count). The van der Waals surface area contributed by atoms with Crippen molar-refractivity contribution >= 4 is 0 Å². The van der Waals surface area contributed by atoms with Crippen molar-refractivity contribution in [2.75, 3.05) is 6.54 Å². The van der Waals surface area contributed by atoms with Crippen LogP contribution < -0.4 is 5.73 Å². The van der Waals surface area contributed by atoms with Gasteiger partial charge in [-0.05, 0) is 44.4 Å². The molecule has 1 aromatic carbocycles. The lowest BCUT2D eigenvalue weighted by Crippen LogP contribution is -2.37. The summed E-state index contributed by atoms with van der Waals surface area (Å²) in [6, 6.07) is 8.68. The Morgan fingerprint density at radius 2 is 1.81 bits per heavy atom. The van der Waals surface area contributed by atoms with Crippen LogP contribution in [0.15, 0.2) is 24.3 Å². The zero-order chi connectivity index (χ0) is 11.6. The third-order valence-corrected chi connectivity index (χ3v) is 3.70. The van der Waals surface area contributed by atoms with Crippen LogP contribution in [0.3, 0.4) is 0 Å². The van der Waals surface area contributed by atoms with Crippen molar-refractivity contribution in [3.8, 4) is 0 Å². The van der Waals surface area contributed by atoms with Gasteiger partial charge in [0.15, 0.2) is 0 Å². The Hall–Kier alpha value is -0.860. The second kappa shape index (κ2) is 4.56. The van der Waals surface area contributed by atoms with Gasteiger partial charge in [0.25, 0.3) is 0 Å². The molecule has 1 aliphatic rings. The number of hydrogen-bond acceptors (Lipinski definition) is 2. The lowest BCUT2D eigenvalue weighted by molar-refractivity contribution is 0.166. The summed E-state index contributed by atoms with van der Waals surface area (Å²) in [4.78, 5) is 2.57. The van der Waals surface area contributed by atoms with Gasteiger partial charge in [-0.1, -0.05) is 24.3 Å². The largest absolute Gasteiger partial charge is 0.326 e. The molecule has 2 heteroatoms. The number of rotatable bonds is 3. The molecule has 16 heavy (non-hydrogen) atoms. The van der Waals surface area contributed by atoms with Gasteiger partial charge in [-0.2, -0.15) is 0 Å². The molecule has 1 aromatic rings. The van der Waals surface area contributed by atoms with Crippen LogP contribution >= 0.6 is 0 Å². The van der Waals surface area contributed by atoms with Gasteiger partial charge in [0, 0.05) is 18.6 Å². The fourth-order valence-electron chi connectivity index (χ4n) is 2.46.